The average Bonchev–Trinajstić information content (AvgIpc) is 3.08. The molecule has 2 aromatic rings. The van der Waals surface area contributed by atoms with E-state index in [1.165, 1.54) is 6.20 Å². The number of aromatic amines is 1. The molecule has 2 amide bonds. The first-order valence-electron chi connectivity index (χ1n) is 8.98. The van der Waals surface area contributed by atoms with E-state index in [1.54, 1.807) is 16.6 Å². The third kappa shape index (κ3) is 2.96. The van der Waals surface area contributed by atoms with Crippen molar-refractivity contribution in [3.8, 4) is 0 Å². The van der Waals surface area contributed by atoms with Crippen molar-refractivity contribution < 1.29 is 4.79 Å². The molecular formula is C17H25N7O2. The van der Waals surface area contributed by atoms with Gasteiger partial charge in [-0.2, -0.15) is 5.10 Å². The van der Waals surface area contributed by atoms with Crippen molar-refractivity contribution in [3.05, 3.63) is 22.4 Å². The van der Waals surface area contributed by atoms with E-state index < -0.39 is 0 Å². The summed E-state index contributed by atoms with van der Waals surface area (Å²) in [6.45, 7) is 6.11. The van der Waals surface area contributed by atoms with Gasteiger partial charge < -0.3 is 20.1 Å². The quantitative estimate of drug-likeness (QED) is 0.810. The lowest BCUT2D eigenvalue weighted by Gasteiger charge is -2.39. The number of carbonyl (C=O) groups is 1. The van der Waals surface area contributed by atoms with Crippen LogP contribution in [-0.2, 0) is 7.05 Å². The van der Waals surface area contributed by atoms with Gasteiger partial charge in [0.1, 0.15) is 11.2 Å². The molecule has 2 N–H and O–H groups in total. The van der Waals surface area contributed by atoms with Crippen LogP contribution in [0, 0.1) is 5.41 Å². The average molecular weight is 359 g/mol. The second kappa shape index (κ2) is 6.08. The van der Waals surface area contributed by atoms with E-state index >= 15 is 0 Å². The van der Waals surface area contributed by atoms with Crippen molar-refractivity contribution in [2.24, 2.45) is 12.5 Å². The molecule has 0 aromatic carbocycles. The number of urea groups is 1. The number of hydrogen-bond donors (Lipinski definition) is 2. The number of rotatable bonds is 3. The fourth-order valence-corrected chi connectivity index (χ4v) is 3.88. The fourth-order valence-electron chi connectivity index (χ4n) is 3.88. The molecule has 2 fully saturated rings. The molecule has 2 saturated heterocycles. The number of fused-ring (bicyclic) bond motifs is 1. The Labute approximate surface area is 151 Å². The summed E-state index contributed by atoms with van der Waals surface area (Å²) in [5.74, 6) is 0.681. The van der Waals surface area contributed by atoms with Crippen LogP contribution in [-0.4, -0.2) is 75.4 Å². The van der Waals surface area contributed by atoms with Crippen molar-refractivity contribution in [1.29, 1.82) is 0 Å². The van der Waals surface area contributed by atoms with Gasteiger partial charge in [-0.15, -0.1) is 0 Å². The van der Waals surface area contributed by atoms with Gasteiger partial charge in [-0.3, -0.25) is 9.48 Å². The SMILES string of the molecule is CN1CCC(C)(CNC(=O)N2CC(c3nc4c(cnn4C)c(=O)[nH]3)C2)C1. The molecule has 0 bridgehead atoms. The maximum atomic E-state index is 12.4. The van der Waals surface area contributed by atoms with Gasteiger partial charge in [0, 0.05) is 33.2 Å². The van der Waals surface area contributed by atoms with Crippen LogP contribution in [0.1, 0.15) is 25.1 Å². The lowest BCUT2D eigenvalue weighted by Crippen LogP contribution is -2.54. The van der Waals surface area contributed by atoms with Crippen molar-refractivity contribution in [2.45, 2.75) is 19.3 Å². The highest BCUT2D eigenvalue weighted by atomic mass is 16.2. The van der Waals surface area contributed by atoms with E-state index in [9.17, 15) is 9.59 Å². The first-order chi connectivity index (χ1) is 12.3. The molecule has 4 heterocycles. The van der Waals surface area contributed by atoms with Gasteiger partial charge in [0.2, 0.25) is 0 Å². The molecule has 2 aliphatic rings. The molecule has 4 rings (SSSR count). The van der Waals surface area contributed by atoms with Gasteiger partial charge in [0.05, 0.1) is 12.1 Å². The molecule has 0 radical (unpaired) electrons. The highest BCUT2D eigenvalue weighted by Crippen LogP contribution is 2.29. The van der Waals surface area contributed by atoms with Crippen LogP contribution < -0.4 is 10.9 Å². The Hall–Kier alpha value is -2.42. The zero-order valence-corrected chi connectivity index (χ0v) is 15.4. The highest BCUT2D eigenvalue weighted by Gasteiger charge is 2.36. The molecule has 140 valence electrons. The summed E-state index contributed by atoms with van der Waals surface area (Å²) in [5, 5.41) is 7.62. The Morgan fingerprint density at radius 3 is 2.88 bits per heavy atom. The van der Waals surface area contributed by atoms with Crippen molar-refractivity contribution >= 4 is 17.1 Å². The standard InChI is InChI=1S/C17H25N7O2/c1-17(4-5-22(2)10-17)9-18-16(26)24-7-11(8-24)13-20-14-12(15(25)21-13)6-19-23(14)3/h6,11H,4-5,7-10H2,1-3H3,(H,18,26)(H,20,21,25). The number of amides is 2. The third-order valence-corrected chi connectivity index (χ3v) is 5.59. The minimum Gasteiger partial charge on any atom is -0.337 e. The zero-order chi connectivity index (χ0) is 18.5. The third-order valence-electron chi connectivity index (χ3n) is 5.59. The topological polar surface area (TPSA) is 99.2 Å². The molecule has 0 spiro atoms. The lowest BCUT2D eigenvalue weighted by atomic mass is 9.90. The van der Waals surface area contributed by atoms with E-state index in [4.69, 9.17) is 0 Å². The minimum atomic E-state index is -0.181. The Morgan fingerprint density at radius 1 is 1.42 bits per heavy atom. The number of hydrogen-bond acceptors (Lipinski definition) is 5. The van der Waals surface area contributed by atoms with Crippen molar-refractivity contribution in [2.75, 3.05) is 39.8 Å². The number of aryl methyl sites for hydroxylation is 1. The summed E-state index contributed by atoms with van der Waals surface area (Å²) in [4.78, 5) is 35.9. The Kier molecular flexibility index (Phi) is 3.98. The number of likely N-dealkylation sites (tertiary alicyclic amines) is 2. The van der Waals surface area contributed by atoms with Crippen LogP contribution in [0.5, 0.6) is 0 Å². The Morgan fingerprint density at radius 2 is 2.19 bits per heavy atom. The Balaban J connectivity index is 1.36. The van der Waals surface area contributed by atoms with Crippen LogP contribution in [0.15, 0.2) is 11.0 Å². The van der Waals surface area contributed by atoms with E-state index in [1.807, 2.05) is 0 Å². The Bertz CT molecular complexity index is 898. The number of H-pyrrole nitrogens is 1. The molecule has 9 heteroatoms. The van der Waals surface area contributed by atoms with Crippen LogP contribution in [0.2, 0.25) is 0 Å². The predicted octanol–water partition coefficient (Wildman–Crippen LogP) is 0.107. The largest absolute Gasteiger partial charge is 0.337 e. The van der Waals surface area contributed by atoms with Gasteiger partial charge in [-0.05, 0) is 25.4 Å². The van der Waals surface area contributed by atoms with Crippen LogP contribution >= 0.6 is 0 Å². The zero-order valence-electron chi connectivity index (χ0n) is 15.4. The summed E-state index contributed by atoms with van der Waals surface area (Å²) < 4.78 is 1.59. The molecular weight excluding hydrogens is 334 g/mol. The molecule has 9 nitrogen and oxygen atoms in total. The molecule has 26 heavy (non-hydrogen) atoms. The second-order valence-corrected chi connectivity index (χ2v) is 8.02. The lowest BCUT2D eigenvalue weighted by molar-refractivity contribution is 0.144. The molecule has 1 atom stereocenters. The number of aromatic nitrogens is 4. The van der Waals surface area contributed by atoms with Gasteiger partial charge >= 0.3 is 6.03 Å². The molecule has 0 saturated carbocycles. The molecule has 0 aliphatic carbocycles. The molecule has 1 unspecified atom stereocenters. The first kappa shape index (κ1) is 17.0. The summed E-state index contributed by atoms with van der Waals surface area (Å²) >= 11 is 0. The van der Waals surface area contributed by atoms with Crippen LogP contribution in [0.3, 0.4) is 0 Å². The number of nitrogens with zero attached hydrogens (tertiary/aromatic N) is 5. The predicted molar refractivity (Wildman–Crippen MR) is 97.1 cm³/mol. The van der Waals surface area contributed by atoms with Gasteiger partial charge in [0.15, 0.2) is 5.65 Å². The summed E-state index contributed by atoms with van der Waals surface area (Å²) in [6, 6.07) is -0.0408. The smallest absolute Gasteiger partial charge is 0.317 e. The summed E-state index contributed by atoms with van der Waals surface area (Å²) in [7, 11) is 3.88. The van der Waals surface area contributed by atoms with E-state index in [-0.39, 0.29) is 22.9 Å². The normalized spacial score (nSPS) is 24.2. The second-order valence-electron chi connectivity index (χ2n) is 8.02. The minimum absolute atomic E-state index is 0.0408. The van der Waals surface area contributed by atoms with Gasteiger partial charge in [-0.25, -0.2) is 9.78 Å². The van der Waals surface area contributed by atoms with E-state index in [0.29, 0.717) is 36.5 Å². The maximum Gasteiger partial charge on any atom is 0.317 e. The highest BCUT2D eigenvalue weighted by molar-refractivity contribution is 5.76. The molecule has 2 aromatic heterocycles. The van der Waals surface area contributed by atoms with Crippen LogP contribution in [0.25, 0.3) is 11.0 Å². The summed E-state index contributed by atoms with van der Waals surface area (Å²) in [5.41, 5.74) is 0.538. The van der Waals surface area contributed by atoms with E-state index in [0.717, 1.165) is 19.5 Å². The van der Waals surface area contributed by atoms with Crippen molar-refractivity contribution in [1.82, 2.24) is 34.9 Å². The first-order valence-corrected chi connectivity index (χ1v) is 8.98. The monoisotopic (exact) mass is 359 g/mol. The van der Waals surface area contributed by atoms with Gasteiger partial charge in [-0.1, -0.05) is 6.92 Å². The van der Waals surface area contributed by atoms with Crippen LogP contribution in [0.4, 0.5) is 4.79 Å². The molecule has 2 aliphatic heterocycles. The fraction of sp³-hybridized carbons (Fsp3) is 0.647. The van der Waals surface area contributed by atoms with Gasteiger partial charge in [0.25, 0.3) is 5.56 Å². The summed E-state index contributed by atoms with van der Waals surface area (Å²) in [6.07, 6.45) is 2.62. The maximum absolute atomic E-state index is 12.4. The van der Waals surface area contributed by atoms with Crippen molar-refractivity contribution in [3.63, 3.8) is 0 Å². The van der Waals surface area contributed by atoms with E-state index in [2.05, 4.69) is 39.3 Å². The number of carbonyl (C=O) groups excluding carboxylic acids is 1. The number of nitrogens with one attached hydrogen (secondary N) is 2.